The minimum Gasteiger partial charge on any atom is -0.497 e. The van der Waals surface area contributed by atoms with Crippen molar-refractivity contribution in [2.24, 2.45) is 5.73 Å². The van der Waals surface area contributed by atoms with Gasteiger partial charge in [-0.15, -0.1) is 0 Å². The summed E-state index contributed by atoms with van der Waals surface area (Å²) in [7, 11) is -1.27. The van der Waals surface area contributed by atoms with E-state index in [0.717, 1.165) is 6.07 Å². The van der Waals surface area contributed by atoms with Gasteiger partial charge < -0.3 is 19.4 Å². The first-order valence-electron chi connectivity index (χ1n) is 6.44. The molecule has 7 nitrogen and oxygen atoms in total. The zero-order valence-corrected chi connectivity index (χ0v) is 13.3. The largest absolute Gasteiger partial charge is 0.497 e. The van der Waals surface area contributed by atoms with Crippen LogP contribution in [0.3, 0.4) is 0 Å². The highest BCUT2D eigenvalue weighted by molar-refractivity contribution is 7.87. The number of hydrogen-bond acceptors (Lipinski definition) is 6. The van der Waals surface area contributed by atoms with Crippen molar-refractivity contribution in [3.63, 3.8) is 0 Å². The average molecular weight is 337 g/mol. The van der Waals surface area contributed by atoms with Gasteiger partial charge in [0, 0.05) is 0 Å². The third-order valence-electron chi connectivity index (χ3n) is 2.99. The van der Waals surface area contributed by atoms with E-state index in [1.807, 2.05) is 0 Å². The number of ether oxygens (including phenoxy) is 2. The van der Waals surface area contributed by atoms with E-state index in [2.05, 4.69) is 0 Å². The number of carbonyl (C=O) groups excluding carboxylic acids is 1. The fourth-order valence-corrected chi connectivity index (χ4v) is 2.80. The molecule has 0 unspecified atom stereocenters. The first-order chi connectivity index (χ1) is 10.9. The van der Waals surface area contributed by atoms with Gasteiger partial charge in [0.15, 0.2) is 0 Å². The Bertz CT molecular complexity index is 814. The molecule has 0 aliphatic rings. The number of rotatable bonds is 6. The lowest BCUT2D eigenvalue weighted by Crippen LogP contribution is -2.15. The maximum Gasteiger partial charge on any atom is 0.339 e. The fraction of sp³-hybridized carbons (Fsp3) is 0.133. The standard InChI is InChI=1S/C15H15NO6S/c1-20-10-3-5-11(6-4-10)22-23(18,19)12-7-8-14(21-2)13(9-12)15(16)17/h3-9H,1-2H3,(H2,16,17). The summed E-state index contributed by atoms with van der Waals surface area (Å²) in [6, 6.07) is 9.75. The topological polar surface area (TPSA) is 105 Å². The van der Waals surface area contributed by atoms with Crippen molar-refractivity contribution in [1.82, 2.24) is 0 Å². The van der Waals surface area contributed by atoms with Gasteiger partial charge in [0.2, 0.25) is 0 Å². The average Bonchev–Trinajstić information content (AvgIpc) is 2.54. The zero-order valence-electron chi connectivity index (χ0n) is 12.5. The normalized spacial score (nSPS) is 10.9. The monoisotopic (exact) mass is 337 g/mol. The molecule has 1 amide bonds. The van der Waals surface area contributed by atoms with E-state index in [1.54, 1.807) is 12.1 Å². The summed E-state index contributed by atoms with van der Waals surface area (Å²) in [5.41, 5.74) is 5.17. The summed E-state index contributed by atoms with van der Waals surface area (Å²) >= 11 is 0. The molecule has 2 N–H and O–H groups in total. The maximum atomic E-state index is 12.3. The Morgan fingerprint density at radius 2 is 1.57 bits per heavy atom. The number of benzene rings is 2. The van der Waals surface area contributed by atoms with Gasteiger partial charge in [-0.2, -0.15) is 8.42 Å². The van der Waals surface area contributed by atoms with Crippen LogP contribution in [-0.4, -0.2) is 28.5 Å². The van der Waals surface area contributed by atoms with E-state index in [-0.39, 0.29) is 22.0 Å². The number of hydrogen-bond donors (Lipinski definition) is 1. The molecule has 0 fully saturated rings. The molecule has 23 heavy (non-hydrogen) atoms. The summed E-state index contributed by atoms with van der Waals surface area (Å²) in [6.45, 7) is 0. The van der Waals surface area contributed by atoms with Crippen molar-refractivity contribution >= 4 is 16.0 Å². The molecule has 8 heteroatoms. The van der Waals surface area contributed by atoms with E-state index >= 15 is 0 Å². The number of methoxy groups -OCH3 is 2. The van der Waals surface area contributed by atoms with E-state index in [1.165, 1.54) is 38.5 Å². The van der Waals surface area contributed by atoms with Crippen LogP contribution in [0.4, 0.5) is 0 Å². The minimum atomic E-state index is -4.12. The summed E-state index contributed by atoms with van der Waals surface area (Å²) in [5, 5.41) is 0. The molecular formula is C15H15NO6S. The second-order valence-electron chi connectivity index (χ2n) is 4.44. The highest BCUT2D eigenvalue weighted by Gasteiger charge is 2.20. The minimum absolute atomic E-state index is 0.0492. The Morgan fingerprint density at radius 1 is 0.957 bits per heavy atom. The van der Waals surface area contributed by atoms with Crippen molar-refractivity contribution in [3.05, 3.63) is 48.0 Å². The number of primary amides is 1. The first kappa shape index (κ1) is 16.6. The molecule has 0 aliphatic heterocycles. The second-order valence-corrected chi connectivity index (χ2v) is 5.99. The third kappa shape index (κ3) is 3.72. The molecule has 0 bridgehead atoms. The van der Waals surface area contributed by atoms with E-state index in [0.29, 0.717) is 5.75 Å². The lowest BCUT2D eigenvalue weighted by molar-refractivity contribution is 0.0997. The van der Waals surface area contributed by atoms with Crippen LogP contribution >= 0.6 is 0 Å². The molecule has 0 aromatic heterocycles. The van der Waals surface area contributed by atoms with Gasteiger partial charge in [-0.25, -0.2) is 0 Å². The van der Waals surface area contributed by atoms with Gasteiger partial charge in [-0.05, 0) is 42.5 Å². The molecule has 0 spiro atoms. The van der Waals surface area contributed by atoms with Gasteiger partial charge in [-0.1, -0.05) is 0 Å². The molecule has 0 aliphatic carbocycles. The highest BCUT2D eigenvalue weighted by atomic mass is 32.2. The highest BCUT2D eigenvalue weighted by Crippen LogP contribution is 2.25. The predicted molar refractivity (Wildman–Crippen MR) is 82.3 cm³/mol. The van der Waals surface area contributed by atoms with Crippen LogP contribution in [0.1, 0.15) is 10.4 Å². The molecule has 2 rings (SSSR count). The van der Waals surface area contributed by atoms with Crippen molar-refractivity contribution in [3.8, 4) is 17.2 Å². The molecule has 0 heterocycles. The molecule has 0 radical (unpaired) electrons. The van der Waals surface area contributed by atoms with Crippen LogP contribution in [-0.2, 0) is 10.1 Å². The maximum absolute atomic E-state index is 12.3. The molecule has 0 atom stereocenters. The van der Waals surface area contributed by atoms with Gasteiger partial charge in [0.05, 0.1) is 19.8 Å². The number of carbonyl (C=O) groups is 1. The lowest BCUT2D eigenvalue weighted by Gasteiger charge is -2.10. The van der Waals surface area contributed by atoms with Crippen molar-refractivity contribution in [1.29, 1.82) is 0 Å². The SMILES string of the molecule is COc1ccc(OS(=O)(=O)c2ccc(OC)c(C(N)=O)c2)cc1. The van der Waals surface area contributed by atoms with Gasteiger partial charge in [0.1, 0.15) is 22.1 Å². The summed E-state index contributed by atoms with van der Waals surface area (Å²) in [6.07, 6.45) is 0. The smallest absolute Gasteiger partial charge is 0.339 e. The molecule has 122 valence electrons. The van der Waals surface area contributed by atoms with Crippen molar-refractivity contribution in [2.75, 3.05) is 14.2 Å². The summed E-state index contributed by atoms with van der Waals surface area (Å²) in [4.78, 5) is 11.2. The lowest BCUT2D eigenvalue weighted by atomic mass is 10.2. The Labute approximate surface area is 133 Å². The van der Waals surface area contributed by atoms with Crippen molar-refractivity contribution < 1.29 is 26.9 Å². The van der Waals surface area contributed by atoms with Crippen LogP contribution in [0.15, 0.2) is 47.4 Å². The first-order valence-corrected chi connectivity index (χ1v) is 7.84. The fourth-order valence-electron chi connectivity index (χ4n) is 1.84. The van der Waals surface area contributed by atoms with Gasteiger partial charge in [0.25, 0.3) is 5.91 Å². The molecule has 0 saturated carbocycles. The quantitative estimate of drug-likeness (QED) is 0.802. The van der Waals surface area contributed by atoms with E-state index < -0.39 is 16.0 Å². The molecule has 2 aromatic rings. The summed E-state index contributed by atoms with van der Waals surface area (Å²) < 4.78 is 39.5. The summed E-state index contributed by atoms with van der Waals surface area (Å²) in [5.74, 6) is 0.0571. The molecule has 2 aromatic carbocycles. The Morgan fingerprint density at radius 3 is 2.09 bits per heavy atom. The molecular weight excluding hydrogens is 322 g/mol. The van der Waals surface area contributed by atoms with Crippen LogP contribution < -0.4 is 19.4 Å². The third-order valence-corrected chi connectivity index (χ3v) is 4.23. The molecule has 0 saturated heterocycles. The number of nitrogens with two attached hydrogens (primary N) is 1. The Kier molecular flexibility index (Phi) is 4.75. The van der Waals surface area contributed by atoms with Crippen LogP contribution in [0, 0.1) is 0 Å². The van der Waals surface area contributed by atoms with Crippen LogP contribution in [0.25, 0.3) is 0 Å². The zero-order chi connectivity index (χ0) is 17.0. The van der Waals surface area contributed by atoms with E-state index in [9.17, 15) is 13.2 Å². The Hall–Kier alpha value is -2.74. The number of amides is 1. The van der Waals surface area contributed by atoms with E-state index in [4.69, 9.17) is 19.4 Å². The van der Waals surface area contributed by atoms with Gasteiger partial charge in [-0.3, -0.25) is 4.79 Å². The van der Waals surface area contributed by atoms with Gasteiger partial charge >= 0.3 is 10.1 Å². The van der Waals surface area contributed by atoms with Crippen LogP contribution in [0.5, 0.6) is 17.2 Å². The second kappa shape index (κ2) is 6.57. The Balaban J connectivity index is 2.35. The predicted octanol–water partition coefficient (Wildman–Crippen LogP) is 1.57. The van der Waals surface area contributed by atoms with Crippen LogP contribution in [0.2, 0.25) is 0 Å². The van der Waals surface area contributed by atoms with Crippen molar-refractivity contribution in [2.45, 2.75) is 4.90 Å².